The minimum Gasteiger partial charge on any atom is -0.260 e. The van der Waals surface area contributed by atoms with Crippen molar-refractivity contribution >= 4 is 21.4 Å². The minimum absolute atomic E-state index is 0.989. The summed E-state index contributed by atoms with van der Waals surface area (Å²) in [4.78, 5) is 4.30. The molecular formula is C11H9NS. The molecule has 2 rings (SSSR count). The first kappa shape index (κ1) is 8.28. The predicted molar refractivity (Wildman–Crippen MR) is 57.0 cm³/mol. The van der Waals surface area contributed by atoms with Crippen LogP contribution in [0.25, 0.3) is 10.1 Å². The Labute approximate surface area is 81.4 Å². The molecule has 0 unspecified atom stereocenters. The average Bonchev–Trinajstić information content (AvgIpc) is 2.56. The number of rotatable bonds is 0. The van der Waals surface area contributed by atoms with Gasteiger partial charge in [-0.25, -0.2) is 0 Å². The van der Waals surface area contributed by atoms with Crippen molar-refractivity contribution in [1.29, 1.82) is 0 Å². The van der Waals surface area contributed by atoms with Gasteiger partial charge >= 0.3 is 0 Å². The first-order valence-corrected chi connectivity index (χ1v) is 4.92. The number of aromatic nitrogens is 1. The second-order valence-corrected chi connectivity index (χ2v) is 3.90. The van der Waals surface area contributed by atoms with Crippen molar-refractivity contribution in [1.82, 2.24) is 4.98 Å². The lowest BCUT2D eigenvalue weighted by molar-refractivity contribution is 1.22. The summed E-state index contributed by atoms with van der Waals surface area (Å²) in [7, 11) is 0. The van der Waals surface area contributed by atoms with E-state index in [1.807, 2.05) is 25.4 Å². The van der Waals surface area contributed by atoms with Crippen molar-refractivity contribution in [3.8, 4) is 12.3 Å². The Morgan fingerprint density at radius 1 is 1.46 bits per heavy atom. The number of fused-ring (bicyclic) bond motifs is 1. The zero-order chi connectivity index (χ0) is 9.42. The lowest BCUT2D eigenvalue weighted by Crippen LogP contribution is -1.84. The van der Waals surface area contributed by atoms with Gasteiger partial charge < -0.3 is 0 Å². The lowest BCUT2D eigenvalue weighted by Gasteiger charge is -1.98. The van der Waals surface area contributed by atoms with E-state index in [0.29, 0.717) is 0 Å². The quantitative estimate of drug-likeness (QED) is 0.578. The summed E-state index contributed by atoms with van der Waals surface area (Å²) in [5.74, 6) is 2.70. The molecule has 0 atom stereocenters. The van der Waals surface area contributed by atoms with Gasteiger partial charge in [0, 0.05) is 22.5 Å². The molecule has 0 aliphatic carbocycles. The molecule has 2 heterocycles. The van der Waals surface area contributed by atoms with Gasteiger partial charge in [0.1, 0.15) is 0 Å². The van der Waals surface area contributed by atoms with Gasteiger partial charge in [-0.1, -0.05) is 5.92 Å². The average molecular weight is 187 g/mol. The fraction of sp³-hybridized carbons (Fsp3) is 0.182. The Kier molecular flexibility index (Phi) is 1.82. The molecule has 2 aromatic rings. The fourth-order valence-electron chi connectivity index (χ4n) is 1.44. The van der Waals surface area contributed by atoms with Gasteiger partial charge in [-0.05, 0) is 19.4 Å². The van der Waals surface area contributed by atoms with Crippen molar-refractivity contribution < 1.29 is 0 Å². The Morgan fingerprint density at radius 2 is 2.23 bits per heavy atom. The molecule has 0 aliphatic heterocycles. The fourth-order valence-corrected chi connectivity index (χ4v) is 2.47. The molecule has 0 amide bonds. The third kappa shape index (κ3) is 1.13. The Balaban J connectivity index is 2.98. The standard InChI is InChI=1S/C11H9NS/c1-4-9-6-13-11-8(3)12-5-7(2)10(9)11/h1,5-6H,2-3H3. The number of pyridine rings is 1. The molecule has 0 saturated carbocycles. The number of nitrogens with zero attached hydrogens (tertiary/aromatic N) is 1. The van der Waals surface area contributed by atoms with Crippen LogP contribution in [0.1, 0.15) is 16.8 Å². The molecule has 2 aromatic heterocycles. The van der Waals surface area contributed by atoms with E-state index in [4.69, 9.17) is 6.42 Å². The molecular weight excluding hydrogens is 178 g/mol. The highest BCUT2D eigenvalue weighted by Gasteiger charge is 2.07. The maximum absolute atomic E-state index is 5.42. The molecule has 13 heavy (non-hydrogen) atoms. The van der Waals surface area contributed by atoms with Gasteiger partial charge in [-0.2, -0.15) is 0 Å². The van der Waals surface area contributed by atoms with Crippen LogP contribution in [0.3, 0.4) is 0 Å². The highest BCUT2D eigenvalue weighted by atomic mass is 32.1. The zero-order valence-electron chi connectivity index (χ0n) is 7.59. The van der Waals surface area contributed by atoms with E-state index in [1.165, 1.54) is 10.1 Å². The topological polar surface area (TPSA) is 12.9 Å². The molecule has 0 fully saturated rings. The van der Waals surface area contributed by atoms with Gasteiger partial charge in [0.25, 0.3) is 0 Å². The van der Waals surface area contributed by atoms with Crippen LogP contribution in [0, 0.1) is 26.2 Å². The van der Waals surface area contributed by atoms with Crippen LogP contribution in [-0.2, 0) is 0 Å². The molecule has 0 saturated heterocycles. The van der Waals surface area contributed by atoms with Gasteiger partial charge in [0.15, 0.2) is 0 Å². The van der Waals surface area contributed by atoms with Crippen LogP contribution in [0.15, 0.2) is 11.6 Å². The van der Waals surface area contributed by atoms with E-state index >= 15 is 0 Å². The third-order valence-corrected chi connectivity index (χ3v) is 3.21. The summed E-state index contributed by atoms with van der Waals surface area (Å²) in [5.41, 5.74) is 3.21. The van der Waals surface area contributed by atoms with Crippen molar-refractivity contribution in [3.63, 3.8) is 0 Å². The Bertz CT molecular complexity index is 503. The monoisotopic (exact) mass is 187 g/mol. The van der Waals surface area contributed by atoms with Gasteiger partial charge in [0.05, 0.1) is 10.4 Å². The number of terminal acetylenes is 1. The van der Waals surface area contributed by atoms with Crippen molar-refractivity contribution in [3.05, 3.63) is 28.4 Å². The van der Waals surface area contributed by atoms with Crippen molar-refractivity contribution in [2.75, 3.05) is 0 Å². The van der Waals surface area contributed by atoms with E-state index in [9.17, 15) is 0 Å². The highest BCUT2D eigenvalue weighted by Crippen LogP contribution is 2.29. The Morgan fingerprint density at radius 3 is 2.92 bits per heavy atom. The largest absolute Gasteiger partial charge is 0.260 e. The minimum atomic E-state index is 0.989. The number of thiophene rings is 1. The first-order valence-electron chi connectivity index (χ1n) is 4.04. The van der Waals surface area contributed by atoms with Crippen LogP contribution < -0.4 is 0 Å². The second kappa shape index (κ2) is 2.86. The molecule has 0 N–H and O–H groups in total. The zero-order valence-corrected chi connectivity index (χ0v) is 8.40. The summed E-state index contributed by atoms with van der Waals surface area (Å²) >= 11 is 1.67. The molecule has 0 bridgehead atoms. The second-order valence-electron chi connectivity index (χ2n) is 3.02. The molecule has 2 heteroatoms. The third-order valence-electron chi connectivity index (χ3n) is 2.12. The lowest BCUT2D eigenvalue weighted by atomic mass is 10.1. The first-order chi connectivity index (χ1) is 6.24. The Hall–Kier alpha value is -1.33. The molecule has 1 nitrogen and oxygen atoms in total. The summed E-state index contributed by atoms with van der Waals surface area (Å²) in [6.45, 7) is 4.06. The van der Waals surface area contributed by atoms with E-state index in [2.05, 4.69) is 10.9 Å². The van der Waals surface area contributed by atoms with Crippen molar-refractivity contribution in [2.45, 2.75) is 13.8 Å². The van der Waals surface area contributed by atoms with Crippen LogP contribution in [-0.4, -0.2) is 4.98 Å². The number of hydrogen-bond donors (Lipinski definition) is 0. The highest BCUT2D eigenvalue weighted by molar-refractivity contribution is 7.17. The van der Waals surface area contributed by atoms with Crippen LogP contribution in [0.4, 0.5) is 0 Å². The van der Waals surface area contributed by atoms with E-state index in [-0.39, 0.29) is 0 Å². The van der Waals surface area contributed by atoms with Gasteiger partial charge in [-0.15, -0.1) is 17.8 Å². The number of aryl methyl sites for hydroxylation is 2. The van der Waals surface area contributed by atoms with Crippen LogP contribution >= 0.6 is 11.3 Å². The van der Waals surface area contributed by atoms with E-state index in [1.54, 1.807) is 11.3 Å². The maximum atomic E-state index is 5.42. The normalized spacial score (nSPS) is 10.2. The van der Waals surface area contributed by atoms with Gasteiger partial charge in [0.2, 0.25) is 0 Å². The predicted octanol–water partition coefficient (Wildman–Crippen LogP) is 2.89. The summed E-state index contributed by atoms with van der Waals surface area (Å²) < 4.78 is 1.22. The molecule has 0 aromatic carbocycles. The van der Waals surface area contributed by atoms with Crippen molar-refractivity contribution in [2.24, 2.45) is 0 Å². The molecule has 0 aliphatic rings. The molecule has 0 spiro atoms. The molecule has 0 radical (unpaired) electrons. The van der Waals surface area contributed by atoms with Gasteiger partial charge in [-0.3, -0.25) is 4.98 Å². The SMILES string of the molecule is C#Cc1csc2c(C)ncc(C)c12. The number of hydrogen-bond acceptors (Lipinski definition) is 2. The smallest absolute Gasteiger partial charge is 0.0571 e. The maximum Gasteiger partial charge on any atom is 0.0571 e. The summed E-state index contributed by atoms with van der Waals surface area (Å²) in [5, 5.41) is 3.21. The summed E-state index contributed by atoms with van der Waals surface area (Å²) in [6.07, 6.45) is 7.30. The van der Waals surface area contributed by atoms with E-state index < -0.39 is 0 Å². The molecule has 64 valence electrons. The van der Waals surface area contributed by atoms with Crippen LogP contribution in [0.5, 0.6) is 0 Å². The van der Waals surface area contributed by atoms with Crippen LogP contribution in [0.2, 0.25) is 0 Å². The van der Waals surface area contributed by atoms with E-state index in [0.717, 1.165) is 16.8 Å². The summed E-state index contributed by atoms with van der Waals surface area (Å²) in [6, 6.07) is 0.